The van der Waals surface area contributed by atoms with Crippen LogP contribution in [0.3, 0.4) is 0 Å². The van der Waals surface area contributed by atoms with Crippen LogP contribution < -0.4 is 4.90 Å². The number of nitrogens with zero attached hydrogens (tertiary/aromatic N) is 3. The molecular weight excluding hydrogens is 310 g/mol. The van der Waals surface area contributed by atoms with Gasteiger partial charge in [0.25, 0.3) is 11.6 Å². The minimum atomic E-state index is -0.551. The van der Waals surface area contributed by atoms with Crippen molar-refractivity contribution < 1.29 is 14.6 Å². The van der Waals surface area contributed by atoms with Gasteiger partial charge in [-0.3, -0.25) is 25.0 Å². The predicted molar refractivity (Wildman–Crippen MR) is 79.5 cm³/mol. The van der Waals surface area contributed by atoms with Gasteiger partial charge < -0.3 is 4.90 Å². The van der Waals surface area contributed by atoms with Crippen LogP contribution in [0.25, 0.3) is 0 Å². The second-order valence-corrected chi connectivity index (χ2v) is 5.73. The Hall–Kier alpha value is -2.81. The number of hydrogen-bond donors (Lipinski definition) is 0. The molecule has 9 heteroatoms. The maximum atomic E-state index is 12.5. The number of nitro benzene ring substituents is 1. The van der Waals surface area contributed by atoms with Crippen molar-refractivity contribution in [2.24, 2.45) is 0 Å². The Morgan fingerprint density at radius 1 is 1.14 bits per heavy atom. The van der Waals surface area contributed by atoms with E-state index < -0.39 is 9.85 Å². The molecule has 0 aliphatic carbocycles. The van der Waals surface area contributed by atoms with Crippen molar-refractivity contribution >= 4 is 33.6 Å². The van der Waals surface area contributed by atoms with Gasteiger partial charge in [0, 0.05) is 24.7 Å². The van der Waals surface area contributed by atoms with E-state index in [0.717, 1.165) is 16.9 Å². The minimum absolute atomic E-state index is 0.0874. The molecule has 1 aliphatic rings. The molecule has 1 amide bonds. The smallest absolute Gasteiger partial charge is 0.307 e. The first-order valence-corrected chi connectivity index (χ1v) is 7.12. The normalized spacial score (nSPS) is 13.0. The van der Waals surface area contributed by atoms with E-state index in [1.807, 2.05) is 0 Å². The van der Waals surface area contributed by atoms with E-state index >= 15 is 0 Å². The number of non-ortho nitro benzene ring substituents is 1. The number of thiophene rings is 1. The first-order chi connectivity index (χ1) is 10.5. The lowest BCUT2D eigenvalue weighted by Gasteiger charge is -2.15. The molecule has 1 aliphatic heterocycles. The molecule has 8 nitrogen and oxygen atoms in total. The van der Waals surface area contributed by atoms with Gasteiger partial charge >= 0.3 is 5.00 Å². The molecule has 0 saturated heterocycles. The Labute approximate surface area is 127 Å². The van der Waals surface area contributed by atoms with E-state index in [2.05, 4.69) is 0 Å². The maximum Gasteiger partial charge on any atom is 0.324 e. The third-order valence-electron chi connectivity index (χ3n) is 3.40. The number of carbonyl (C=O) groups excluding carboxylic acids is 1. The van der Waals surface area contributed by atoms with Crippen LogP contribution in [-0.2, 0) is 6.42 Å². The Balaban J connectivity index is 1.94. The summed E-state index contributed by atoms with van der Waals surface area (Å²) < 4.78 is 0. The monoisotopic (exact) mass is 319 g/mol. The highest BCUT2D eigenvalue weighted by Crippen LogP contribution is 2.34. The number of amides is 1. The largest absolute Gasteiger partial charge is 0.324 e. The minimum Gasteiger partial charge on any atom is -0.307 e. The van der Waals surface area contributed by atoms with Gasteiger partial charge in [-0.2, -0.15) is 0 Å². The summed E-state index contributed by atoms with van der Waals surface area (Å²) in [7, 11) is 0. The van der Waals surface area contributed by atoms with Gasteiger partial charge in [0.2, 0.25) is 0 Å². The highest BCUT2D eigenvalue weighted by Gasteiger charge is 2.29. The molecule has 112 valence electrons. The maximum absolute atomic E-state index is 12.5. The number of benzene rings is 1. The molecule has 0 N–H and O–H groups in total. The zero-order valence-electron chi connectivity index (χ0n) is 11.1. The highest BCUT2D eigenvalue weighted by atomic mass is 32.1. The number of fused-ring (bicyclic) bond motifs is 1. The number of carbonyl (C=O) groups is 1. The van der Waals surface area contributed by atoms with Crippen LogP contribution in [0.1, 0.15) is 15.2 Å². The van der Waals surface area contributed by atoms with Gasteiger partial charge in [0.05, 0.1) is 20.4 Å². The van der Waals surface area contributed by atoms with Gasteiger partial charge in [-0.1, -0.05) is 17.4 Å². The van der Waals surface area contributed by atoms with Crippen LogP contribution >= 0.6 is 11.3 Å². The first-order valence-electron chi connectivity index (χ1n) is 6.31. The zero-order chi connectivity index (χ0) is 15.9. The van der Waals surface area contributed by atoms with Crippen LogP contribution in [0.4, 0.5) is 16.4 Å². The van der Waals surface area contributed by atoms with Crippen LogP contribution in [0.15, 0.2) is 30.3 Å². The van der Waals surface area contributed by atoms with Gasteiger partial charge in [0.15, 0.2) is 0 Å². The third-order valence-corrected chi connectivity index (χ3v) is 4.43. The molecule has 0 radical (unpaired) electrons. The van der Waals surface area contributed by atoms with Crippen molar-refractivity contribution in [3.05, 3.63) is 61.0 Å². The molecule has 1 aromatic heterocycles. The Morgan fingerprint density at radius 2 is 1.91 bits per heavy atom. The molecule has 3 rings (SSSR count). The number of rotatable bonds is 3. The van der Waals surface area contributed by atoms with Crippen molar-refractivity contribution in [3.8, 4) is 0 Å². The van der Waals surface area contributed by atoms with Crippen molar-refractivity contribution in [1.29, 1.82) is 0 Å². The van der Waals surface area contributed by atoms with E-state index in [-0.39, 0.29) is 21.5 Å². The molecule has 0 unspecified atom stereocenters. The van der Waals surface area contributed by atoms with Gasteiger partial charge in [0.1, 0.15) is 0 Å². The van der Waals surface area contributed by atoms with Crippen molar-refractivity contribution in [2.75, 3.05) is 11.4 Å². The summed E-state index contributed by atoms with van der Waals surface area (Å²) in [5, 5.41) is 21.4. The van der Waals surface area contributed by atoms with Gasteiger partial charge in [-0.25, -0.2) is 0 Å². The van der Waals surface area contributed by atoms with Crippen LogP contribution in [0.2, 0.25) is 0 Å². The number of nitro groups is 2. The standard InChI is InChI=1S/C13H9N3O5S/c17-13(11-3-4-12(22-11)16(20)21)14-6-5-8-1-2-9(15(18)19)7-10(8)14/h1-4,7H,5-6H2. The lowest BCUT2D eigenvalue weighted by Crippen LogP contribution is -2.28. The van der Waals surface area contributed by atoms with E-state index in [1.54, 1.807) is 6.07 Å². The van der Waals surface area contributed by atoms with Crippen LogP contribution in [-0.4, -0.2) is 22.3 Å². The second kappa shape index (κ2) is 5.19. The quantitative estimate of drug-likeness (QED) is 0.638. The van der Waals surface area contributed by atoms with E-state index in [1.165, 1.54) is 29.2 Å². The molecular formula is C13H9N3O5S. The average Bonchev–Trinajstić information content (AvgIpc) is 3.13. The lowest BCUT2D eigenvalue weighted by molar-refractivity contribution is -0.384. The molecule has 0 spiro atoms. The lowest BCUT2D eigenvalue weighted by atomic mass is 10.1. The molecule has 22 heavy (non-hydrogen) atoms. The number of anilines is 1. The van der Waals surface area contributed by atoms with Crippen LogP contribution in [0, 0.1) is 20.2 Å². The molecule has 2 heterocycles. The summed E-state index contributed by atoms with van der Waals surface area (Å²) in [4.78, 5) is 34.6. The van der Waals surface area contributed by atoms with E-state index in [0.29, 0.717) is 18.7 Å². The Bertz CT molecular complexity index is 801. The van der Waals surface area contributed by atoms with Crippen LogP contribution in [0.5, 0.6) is 0 Å². The fourth-order valence-corrected chi connectivity index (χ4v) is 3.14. The molecule has 2 aromatic rings. The zero-order valence-corrected chi connectivity index (χ0v) is 11.9. The van der Waals surface area contributed by atoms with Crippen molar-refractivity contribution in [2.45, 2.75) is 6.42 Å². The summed E-state index contributed by atoms with van der Waals surface area (Å²) in [6.45, 7) is 0.404. The van der Waals surface area contributed by atoms with Gasteiger partial charge in [-0.05, 0) is 18.1 Å². The third kappa shape index (κ3) is 2.31. The molecule has 0 saturated carbocycles. The average molecular weight is 319 g/mol. The molecule has 0 bridgehead atoms. The summed E-state index contributed by atoms with van der Waals surface area (Å²) in [5.41, 5.74) is 1.26. The topological polar surface area (TPSA) is 107 Å². The van der Waals surface area contributed by atoms with E-state index in [9.17, 15) is 25.0 Å². The Morgan fingerprint density at radius 3 is 2.55 bits per heavy atom. The first kappa shape index (κ1) is 14.1. The summed E-state index contributed by atoms with van der Waals surface area (Å²) in [6, 6.07) is 7.09. The SMILES string of the molecule is O=C(c1ccc([N+](=O)[O-])s1)N1CCc2ccc([N+](=O)[O-])cc21. The summed E-state index contributed by atoms with van der Waals surface area (Å²) >= 11 is 0.797. The summed E-state index contributed by atoms with van der Waals surface area (Å²) in [5.74, 6) is -0.377. The predicted octanol–water partition coefficient (Wildman–Crippen LogP) is 2.77. The second-order valence-electron chi connectivity index (χ2n) is 4.67. The van der Waals surface area contributed by atoms with Crippen molar-refractivity contribution in [1.82, 2.24) is 0 Å². The fraction of sp³-hybridized carbons (Fsp3) is 0.154. The Kier molecular flexibility index (Phi) is 3.33. The number of hydrogen-bond acceptors (Lipinski definition) is 6. The van der Waals surface area contributed by atoms with E-state index in [4.69, 9.17) is 0 Å². The van der Waals surface area contributed by atoms with Crippen molar-refractivity contribution in [3.63, 3.8) is 0 Å². The molecule has 0 atom stereocenters. The fourth-order valence-electron chi connectivity index (χ4n) is 2.37. The summed E-state index contributed by atoms with van der Waals surface area (Å²) in [6.07, 6.45) is 0.604. The highest BCUT2D eigenvalue weighted by molar-refractivity contribution is 7.17. The van der Waals surface area contributed by atoms with Gasteiger partial charge in [-0.15, -0.1) is 0 Å². The molecule has 0 fully saturated rings. The molecule has 1 aromatic carbocycles.